The highest BCUT2D eigenvalue weighted by atomic mass is 35.5. The summed E-state index contributed by atoms with van der Waals surface area (Å²) in [5, 5.41) is 17.5. The van der Waals surface area contributed by atoms with Crippen LogP contribution >= 0.6 is 11.6 Å². The molecule has 0 saturated heterocycles. The fourth-order valence-electron chi connectivity index (χ4n) is 2.52. The number of pyridine rings is 1. The van der Waals surface area contributed by atoms with Gasteiger partial charge in [0.25, 0.3) is 5.91 Å². The molecule has 0 fully saturated rings. The van der Waals surface area contributed by atoms with Crippen molar-refractivity contribution in [1.82, 2.24) is 15.2 Å². The van der Waals surface area contributed by atoms with E-state index >= 15 is 0 Å². The number of nitrogen functional groups attached to an aromatic ring is 1. The summed E-state index contributed by atoms with van der Waals surface area (Å²) in [6.07, 6.45) is -9.52. The van der Waals surface area contributed by atoms with Gasteiger partial charge in [-0.3, -0.25) is 9.89 Å². The number of amides is 1. The van der Waals surface area contributed by atoms with E-state index in [4.69, 9.17) is 17.3 Å². The van der Waals surface area contributed by atoms with E-state index in [9.17, 15) is 40.6 Å². The Morgan fingerprint density at radius 3 is 2.31 bits per heavy atom. The molecule has 1 aromatic carbocycles. The molecule has 3 aromatic rings. The molecule has 3 rings (SSSR count). The lowest BCUT2D eigenvalue weighted by Gasteiger charge is -2.12. The van der Waals surface area contributed by atoms with Crippen molar-refractivity contribution < 1.29 is 40.6 Å². The molecular weight excluding hydrogens is 511 g/mol. The molecule has 0 atom stereocenters. The van der Waals surface area contributed by atoms with Crippen molar-refractivity contribution in [2.45, 2.75) is 32.6 Å². The first-order valence-electron chi connectivity index (χ1n) is 9.50. The Bertz CT molecular complexity index is 1230. The molecule has 0 spiro atoms. The van der Waals surface area contributed by atoms with Gasteiger partial charge < -0.3 is 16.2 Å². The highest BCUT2D eigenvalue weighted by Crippen LogP contribution is 2.36. The number of halogens is 8. The number of aromatic amines is 1. The average molecular weight is 528 g/mol. The molecule has 2 heterocycles. The summed E-state index contributed by atoms with van der Waals surface area (Å²) in [4.78, 5) is 16.3. The van der Waals surface area contributed by atoms with Crippen LogP contribution in [0, 0.1) is 12.7 Å². The molecule has 0 radical (unpaired) electrons. The first kappa shape index (κ1) is 27.7. The number of nitrogens with two attached hydrogens (primary N) is 1. The van der Waals surface area contributed by atoms with Gasteiger partial charge in [0.15, 0.2) is 5.69 Å². The van der Waals surface area contributed by atoms with Gasteiger partial charge in [-0.25, -0.2) is 9.37 Å². The number of aromatic nitrogens is 3. The number of phenolic OH excluding ortho intramolecular Hbond substituents is 1. The number of nitrogens with one attached hydrogen (secondary N) is 2. The molecule has 15 heteroatoms. The van der Waals surface area contributed by atoms with Gasteiger partial charge in [0.1, 0.15) is 17.4 Å². The number of benzene rings is 1. The van der Waals surface area contributed by atoms with Gasteiger partial charge in [-0.05, 0) is 31.2 Å². The Balaban J connectivity index is 0.000000641. The smallest absolute Gasteiger partial charge is 0.437 e. The van der Waals surface area contributed by atoms with Gasteiger partial charge in [-0.15, -0.1) is 0 Å². The van der Waals surface area contributed by atoms with Crippen LogP contribution < -0.4 is 11.1 Å². The van der Waals surface area contributed by atoms with Crippen LogP contribution in [-0.4, -0.2) is 32.4 Å². The molecule has 1 amide bonds. The lowest BCUT2D eigenvalue weighted by molar-refractivity contribution is -0.140. The van der Waals surface area contributed by atoms with Crippen molar-refractivity contribution in [2.75, 3.05) is 11.1 Å². The second kappa shape index (κ2) is 10.4. The number of alkyl halides is 6. The first-order valence-corrected chi connectivity index (χ1v) is 9.88. The van der Waals surface area contributed by atoms with Crippen LogP contribution in [0.25, 0.3) is 11.3 Å². The molecule has 0 aliphatic carbocycles. The molecule has 0 saturated carbocycles. The second-order valence-electron chi connectivity index (χ2n) is 6.91. The fraction of sp³-hybridized carbons (Fsp3) is 0.250. The summed E-state index contributed by atoms with van der Waals surface area (Å²) in [6.45, 7) is 2.35. The van der Waals surface area contributed by atoms with Crippen LogP contribution in [0.4, 0.5) is 42.2 Å². The van der Waals surface area contributed by atoms with E-state index in [-0.39, 0.29) is 27.8 Å². The summed E-state index contributed by atoms with van der Waals surface area (Å²) >= 11 is 5.76. The predicted molar refractivity (Wildman–Crippen MR) is 113 cm³/mol. The van der Waals surface area contributed by atoms with Crippen LogP contribution in [0.3, 0.4) is 0 Å². The van der Waals surface area contributed by atoms with Crippen molar-refractivity contribution in [3.63, 3.8) is 0 Å². The SMILES string of the molecule is CCC(F)(F)F.Cc1[nH]nc(C(F)(F)F)c1NC(=O)c1cc(F)c(-c2ccc(Cl)c(N)n2)cc1O. The summed E-state index contributed by atoms with van der Waals surface area (Å²) in [5.41, 5.74) is 2.81. The summed E-state index contributed by atoms with van der Waals surface area (Å²) in [7, 11) is 0. The third kappa shape index (κ3) is 6.97. The van der Waals surface area contributed by atoms with E-state index in [1.807, 2.05) is 5.32 Å². The third-order valence-corrected chi connectivity index (χ3v) is 4.65. The maximum atomic E-state index is 14.5. The molecule has 7 nitrogen and oxygen atoms in total. The third-order valence-electron chi connectivity index (χ3n) is 4.33. The zero-order chi connectivity index (χ0) is 26.7. The van der Waals surface area contributed by atoms with E-state index in [0.29, 0.717) is 6.07 Å². The van der Waals surface area contributed by atoms with Crippen molar-refractivity contribution in [3.8, 4) is 17.0 Å². The molecule has 0 bridgehead atoms. The molecule has 0 aliphatic rings. The van der Waals surface area contributed by atoms with Crippen LogP contribution in [0.1, 0.15) is 35.1 Å². The van der Waals surface area contributed by atoms with E-state index in [1.165, 1.54) is 19.1 Å². The van der Waals surface area contributed by atoms with Crippen LogP contribution in [0.2, 0.25) is 5.02 Å². The maximum Gasteiger partial charge on any atom is 0.437 e. The van der Waals surface area contributed by atoms with Crippen molar-refractivity contribution in [3.05, 3.63) is 52.1 Å². The number of H-pyrrole nitrogens is 1. The Hall–Kier alpha value is -3.55. The Labute approximate surface area is 198 Å². The lowest BCUT2D eigenvalue weighted by atomic mass is 10.1. The average Bonchev–Trinajstić information content (AvgIpc) is 3.12. The number of aryl methyl sites for hydroxylation is 1. The van der Waals surface area contributed by atoms with Crippen LogP contribution in [0.15, 0.2) is 24.3 Å². The van der Waals surface area contributed by atoms with Gasteiger partial charge in [0.05, 0.1) is 27.7 Å². The van der Waals surface area contributed by atoms with Gasteiger partial charge >= 0.3 is 12.4 Å². The summed E-state index contributed by atoms with van der Waals surface area (Å²) < 4.78 is 85.9. The highest BCUT2D eigenvalue weighted by molar-refractivity contribution is 6.32. The zero-order valence-electron chi connectivity index (χ0n) is 17.9. The van der Waals surface area contributed by atoms with Gasteiger partial charge in [-0.1, -0.05) is 18.5 Å². The minimum absolute atomic E-state index is 0.0386. The van der Waals surface area contributed by atoms with E-state index in [1.54, 1.807) is 0 Å². The number of anilines is 2. The van der Waals surface area contributed by atoms with Crippen LogP contribution in [-0.2, 0) is 6.18 Å². The topological polar surface area (TPSA) is 117 Å². The molecule has 0 unspecified atom stereocenters. The molecule has 2 aromatic heterocycles. The maximum absolute atomic E-state index is 14.5. The second-order valence-corrected chi connectivity index (χ2v) is 7.31. The Morgan fingerprint density at radius 2 is 1.80 bits per heavy atom. The normalized spacial score (nSPS) is 11.6. The van der Waals surface area contributed by atoms with Crippen LogP contribution in [0.5, 0.6) is 5.75 Å². The number of rotatable bonds is 3. The Kier molecular flexibility index (Phi) is 8.21. The van der Waals surface area contributed by atoms with Crippen molar-refractivity contribution >= 4 is 29.0 Å². The largest absolute Gasteiger partial charge is 0.507 e. The quantitative estimate of drug-likeness (QED) is 0.308. The number of carbonyl (C=O) groups is 1. The number of hydrogen-bond acceptors (Lipinski definition) is 5. The van der Waals surface area contributed by atoms with Gasteiger partial charge in [-0.2, -0.15) is 31.4 Å². The molecule has 35 heavy (non-hydrogen) atoms. The predicted octanol–water partition coefficient (Wildman–Crippen LogP) is 6.09. The molecule has 190 valence electrons. The van der Waals surface area contributed by atoms with E-state index in [0.717, 1.165) is 13.0 Å². The first-order chi connectivity index (χ1) is 16.0. The number of aromatic hydroxyl groups is 1. The fourth-order valence-corrected chi connectivity index (χ4v) is 2.62. The number of nitrogens with zero attached hydrogens (tertiary/aromatic N) is 2. The number of phenols is 1. The van der Waals surface area contributed by atoms with Gasteiger partial charge in [0.2, 0.25) is 0 Å². The molecule has 0 aliphatic heterocycles. The Morgan fingerprint density at radius 1 is 1.20 bits per heavy atom. The monoisotopic (exact) mass is 527 g/mol. The summed E-state index contributed by atoms with van der Waals surface area (Å²) in [6, 6.07) is 4.30. The minimum Gasteiger partial charge on any atom is -0.507 e. The lowest BCUT2D eigenvalue weighted by Crippen LogP contribution is -2.17. The molecule has 5 N–H and O–H groups in total. The molecular formula is C20H17ClF7N5O2. The van der Waals surface area contributed by atoms with Crippen molar-refractivity contribution in [2.24, 2.45) is 0 Å². The number of hydrogen-bond donors (Lipinski definition) is 4. The van der Waals surface area contributed by atoms with Crippen molar-refractivity contribution in [1.29, 1.82) is 0 Å². The summed E-state index contributed by atoms with van der Waals surface area (Å²) in [5.74, 6) is -2.86. The van der Waals surface area contributed by atoms with Gasteiger partial charge in [0, 0.05) is 12.0 Å². The number of carbonyl (C=O) groups excluding carboxylic acids is 1. The highest BCUT2D eigenvalue weighted by Gasteiger charge is 2.38. The minimum atomic E-state index is -4.83. The standard InChI is InChI=1S/C17H12ClF4N5O2.C3H5F3/c1-6-13(14(27-26-6)17(20,21)22)25-16(29)8-4-10(19)7(5-12(8)28)11-3-2-9(18)15(23)24-11;1-2-3(4,5)6/h2-5,28H,1H3,(H2,23,24)(H,25,29)(H,26,27);2H2,1H3. The van der Waals surface area contributed by atoms with E-state index < -0.39 is 53.2 Å². The zero-order valence-corrected chi connectivity index (χ0v) is 18.6. The van der Waals surface area contributed by atoms with E-state index in [2.05, 4.69) is 15.2 Å².